The van der Waals surface area contributed by atoms with Gasteiger partial charge in [-0.3, -0.25) is 0 Å². The van der Waals surface area contributed by atoms with Crippen LogP contribution in [0.25, 0.3) is 0 Å². The summed E-state index contributed by atoms with van der Waals surface area (Å²) in [5.41, 5.74) is 2.54. The summed E-state index contributed by atoms with van der Waals surface area (Å²) in [4.78, 5) is 24.8. The van der Waals surface area contributed by atoms with Gasteiger partial charge in [0, 0.05) is 12.6 Å². The molecular formula is C15H18N2O3. The molecule has 2 aliphatic rings. The van der Waals surface area contributed by atoms with Crippen LogP contribution < -0.4 is 5.32 Å². The number of benzene rings is 1. The molecule has 2 N–H and O–H groups in total. The van der Waals surface area contributed by atoms with Gasteiger partial charge in [-0.25, -0.2) is 9.59 Å². The summed E-state index contributed by atoms with van der Waals surface area (Å²) in [6.07, 6.45) is 2.96. The van der Waals surface area contributed by atoms with E-state index in [4.69, 9.17) is 5.11 Å². The maximum atomic E-state index is 12.2. The molecule has 1 heterocycles. The molecule has 1 aromatic carbocycles. The van der Waals surface area contributed by atoms with Crippen LogP contribution in [0.3, 0.4) is 0 Å². The van der Waals surface area contributed by atoms with E-state index >= 15 is 0 Å². The Labute approximate surface area is 117 Å². The van der Waals surface area contributed by atoms with E-state index in [1.54, 1.807) is 0 Å². The fourth-order valence-electron chi connectivity index (χ4n) is 3.18. The van der Waals surface area contributed by atoms with Crippen molar-refractivity contribution in [1.29, 1.82) is 0 Å². The van der Waals surface area contributed by atoms with Crippen LogP contribution in [-0.4, -0.2) is 40.6 Å². The van der Waals surface area contributed by atoms with Gasteiger partial charge >= 0.3 is 12.0 Å². The second kappa shape index (κ2) is 5.15. The van der Waals surface area contributed by atoms with Gasteiger partial charge in [-0.15, -0.1) is 0 Å². The number of amides is 2. The molecule has 3 rings (SSSR count). The molecule has 0 bridgehead atoms. The van der Waals surface area contributed by atoms with Gasteiger partial charge in [0.05, 0.1) is 0 Å². The van der Waals surface area contributed by atoms with Gasteiger partial charge in [-0.2, -0.15) is 0 Å². The number of hydrogen-bond acceptors (Lipinski definition) is 2. The van der Waals surface area contributed by atoms with E-state index in [1.165, 1.54) is 16.0 Å². The Hall–Kier alpha value is -2.04. The molecule has 106 valence electrons. The monoisotopic (exact) mass is 274 g/mol. The first kappa shape index (κ1) is 13.0. The summed E-state index contributed by atoms with van der Waals surface area (Å²) in [5, 5.41) is 12.1. The fraction of sp³-hybridized carbons (Fsp3) is 0.467. The Balaban J connectivity index is 1.62. The third-order valence-electron chi connectivity index (χ3n) is 4.18. The van der Waals surface area contributed by atoms with Crippen molar-refractivity contribution in [3.05, 3.63) is 35.4 Å². The van der Waals surface area contributed by atoms with E-state index in [0.717, 1.165) is 19.3 Å². The standard InChI is InChI=1S/C15H18N2O3/c18-14(19)13-6-3-7-17(13)15(20)16-12-8-10-4-1-2-5-11(10)9-12/h1-2,4-5,12-13H,3,6-9H2,(H,16,20)(H,18,19)/t13-/m0/s1. The summed E-state index contributed by atoms with van der Waals surface area (Å²) in [6, 6.07) is 7.34. The Kier molecular flexibility index (Phi) is 3.34. The van der Waals surface area contributed by atoms with Crippen LogP contribution in [0.5, 0.6) is 0 Å². The van der Waals surface area contributed by atoms with Crippen molar-refractivity contribution in [1.82, 2.24) is 10.2 Å². The SMILES string of the molecule is O=C(O)[C@@H]1CCCN1C(=O)NC1Cc2ccccc2C1. The molecule has 1 saturated heterocycles. The molecule has 1 aromatic rings. The van der Waals surface area contributed by atoms with Gasteiger partial charge in [-0.1, -0.05) is 24.3 Å². The summed E-state index contributed by atoms with van der Waals surface area (Å²) in [5.74, 6) is -0.910. The number of nitrogens with one attached hydrogen (secondary N) is 1. The molecule has 0 spiro atoms. The van der Waals surface area contributed by atoms with Crippen molar-refractivity contribution < 1.29 is 14.7 Å². The maximum absolute atomic E-state index is 12.2. The predicted octanol–water partition coefficient (Wildman–Crippen LogP) is 1.41. The minimum absolute atomic E-state index is 0.0787. The quantitative estimate of drug-likeness (QED) is 0.856. The van der Waals surface area contributed by atoms with Crippen molar-refractivity contribution >= 4 is 12.0 Å². The molecule has 1 aliphatic carbocycles. The van der Waals surface area contributed by atoms with E-state index in [2.05, 4.69) is 17.4 Å². The number of carbonyl (C=O) groups is 2. The summed E-state index contributed by atoms with van der Waals surface area (Å²) in [6.45, 7) is 0.530. The molecule has 0 unspecified atom stereocenters. The van der Waals surface area contributed by atoms with Crippen LogP contribution in [0, 0.1) is 0 Å². The second-order valence-corrected chi connectivity index (χ2v) is 5.51. The number of fused-ring (bicyclic) bond motifs is 1. The number of carboxylic acids is 1. The Bertz CT molecular complexity index is 519. The molecule has 5 nitrogen and oxygen atoms in total. The highest BCUT2D eigenvalue weighted by atomic mass is 16.4. The summed E-state index contributed by atoms with van der Waals surface area (Å²) in [7, 11) is 0. The average molecular weight is 274 g/mol. The number of hydrogen-bond donors (Lipinski definition) is 2. The third kappa shape index (κ3) is 2.35. The fourth-order valence-corrected chi connectivity index (χ4v) is 3.18. The summed E-state index contributed by atoms with van der Waals surface area (Å²) < 4.78 is 0. The lowest BCUT2D eigenvalue weighted by Crippen LogP contribution is -2.49. The van der Waals surface area contributed by atoms with Crippen molar-refractivity contribution in [2.24, 2.45) is 0 Å². The number of likely N-dealkylation sites (tertiary alicyclic amines) is 1. The molecule has 2 amide bonds. The molecule has 1 aliphatic heterocycles. The largest absolute Gasteiger partial charge is 0.480 e. The van der Waals surface area contributed by atoms with Crippen molar-refractivity contribution in [3.63, 3.8) is 0 Å². The zero-order valence-electron chi connectivity index (χ0n) is 11.2. The van der Waals surface area contributed by atoms with Crippen LogP contribution in [0.2, 0.25) is 0 Å². The Morgan fingerprint density at radius 2 is 1.85 bits per heavy atom. The lowest BCUT2D eigenvalue weighted by Gasteiger charge is -2.24. The highest BCUT2D eigenvalue weighted by Gasteiger charge is 2.35. The van der Waals surface area contributed by atoms with E-state index < -0.39 is 12.0 Å². The number of nitrogens with zero attached hydrogens (tertiary/aromatic N) is 1. The van der Waals surface area contributed by atoms with Crippen LogP contribution in [0.15, 0.2) is 24.3 Å². The average Bonchev–Trinajstić information content (AvgIpc) is 3.04. The van der Waals surface area contributed by atoms with E-state index in [9.17, 15) is 9.59 Å². The zero-order chi connectivity index (χ0) is 14.1. The number of carboxylic acid groups (broad SMARTS) is 1. The van der Waals surface area contributed by atoms with E-state index in [0.29, 0.717) is 13.0 Å². The van der Waals surface area contributed by atoms with Crippen molar-refractivity contribution in [3.8, 4) is 0 Å². The predicted molar refractivity (Wildman–Crippen MR) is 73.5 cm³/mol. The first-order valence-electron chi connectivity index (χ1n) is 7.02. The molecule has 1 atom stereocenters. The van der Waals surface area contributed by atoms with Gasteiger partial charge in [0.1, 0.15) is 6.04 Å². The minimum atomic E-state index is -0.910. The minimum Gasteiger partial charge on any atom is -0.480 e. The van der Waals surface area contributed by atoms with Crippen LogP contribution in [0.4, 0.5) is 4.79 Å². The van der Waals surface area contributed by atoms with Gasteiger partial charge in [0.15, 0.2) is 0 Å². The third-order valence-corrected chi connectivity index (χ3v) is 4.18. The molecule has 5 heteroatoms. The summed E-state index contributed by atoms with van der Waals surface area (Å²) >= 11 is 0. The maximum Gasteiger partial charge on any atom is 0.326 e. The molecule has 0 radical (unpaired) electrons. The van der Waals surface area contributed by atoms with Gasteiger partial charge in [0.25, 0.3) is 0 Å². The number of rotatable bonds is 2. The topological polar surface area (TPSA) is 69.6 Å². The van der Waals surface area contributed by atoms with E-state index in [-0.39, 0.29) is 12.1 Å². The molecule has 0 saturated carbocycles. The normalized spacial score (nSPS) is 21.8. The van der Waals surface area contributed by atoms with Gasteiger partial charge in [-0.05, 0) is 36.8 Å². The molecule has 1 fully saturated rings. The number of urea groups is 1. The van der Waals surface area contributed by atoms with Crippen LogP contribution in [-0.2, 0) is 17.6 Å². The van der Waals surface area contributed by atoms with Crippen LogP contribution in [0.1, 0.15) is 24.0 Å². The van der Waals surface area contributed by atoms with E-state index in [1.807, 2.05) is 12.1 Å². The van der Waals surface area contributed by atoms with Crippen LogP contribution >= 0.6 is 0 Å². The Morgan fingerprint density at radius 3 is 2.45 bits per heavy atom. The second-order valence-electron chi connectivity index (χ2n) is 5.51. The van der Waals surface area contributed by atoms with Crippen molar-refractivity contribution in [2.45, 2.75) is 37.8 Å². The van der Waals surface area contributed by atoms with Gasteiger partial charge < -0.3 is 15.3 Å². The highest BCUT2D eigenvalue weighted by Crippen LogP contribution is 2.23. The first-order chi connectivity index (χ1) is 9.65. The highest BCUT2D eigenvalue weighted by molar-refractivity contribution is 5.83. The zero-order valence-corrected chi connectivity index (χ0v) is 11.2. The smallest absolute Gasteiger partial charge is 0.326 e. The molecule has 0 aromatic heterocycles. The Morgan fingerprint density at radius 1 is 1.20 bits per heavy atom. The van der Waals surface area contributed by atoms with Crippen molar-refractivity contribution in [2.75, 3.05) is 6.54 Å². The molecular weight excluding hydrogens is 256 g/mol. The molecule has 20 heavy (non-hydrogen) atoms. The lowest BCUT2D eigenvalue weighted by atomic mass is 10.1. The first-order valence-corrected chi connectivity index (χ1v) is 7.02. The lowest BCUT2D eigenvalue weighted by molar-refractivity contribution is -0.141. The van der Waals surface area contributed by atoms with Gasteiger partial charge in [0.2, 0.25) is 0 Å². The number of carbonyl (C=O) groups excluding carboxylic acids is 1. The number of aliphatic carboxylic acids is 1.